The van der Waals surface area contributed by atoms with Gasteiger partial charge in [-0.1, -0.05) is 5.10 Å². The SMILES string of the molecule is Cn1nc(C(=O)N2CCC(F)(F)CC2)cc1[N+](=O)[O-].Cn1nc([N+](=O)[O-])cc1C(=O)N1CCC(F)(F)CC1. The minimum absolute atomic E-state index is 0.0249. The summed E-state index contributed by atoms with van der Waals surface area (Å²) in [5.74, 6) is -7.31. The van der Waals surface area contributed by atoms with Crippen molar-refractivity contribution in [1.82, 2.24) is 29.4 Å². The first kappa shape index (κ1) is 28.5. The zero-order valence-corrected chi connectivity index (χ0v) is 20.4. The maximum absolute atomic E-state index is 13.0. The van der Waals surface area contributed by atoms with Crippen molar-refractivity contribution in [1.29, 1.82) is 0 Å². The minimum Gasteiger partial charge on any atom is -0.358 e. The van der Waals surface area contributed by atoms with Crippen LogP contribution in [0.3, 0.4) is 0 Å². The summed E-state index contributed by atoms with van der Waals surface area (Å²) in [5.41, 5.74) is -0.0728. The summed E-state index contributed by atoms with van der Waals surface area (Å²) in [6.45, 7) is -0.276. The molecule has 18 heteroatoms. The van der Waals surface area contributed by atoms with E-state index >= 15 is 0 Å². The predicted molar refractivity (Wildman–Crippen MR) is 120 cm³/mol. The standard InChI is InChI=1S/2C10H12F2N4O3/c1-14-7(6-8(13-14)16(18)19)9(17)15-4-2-10(11,12)3-5-15;1-14-8(16(18)19)6-7(13-14)9(17)15-4-2-10(11,12)3-5-15/h2*6H,2-5H2,1H3. The van der Waals surface area contributed by atoms with E-state index < -0.39 is 65.0 Å². The third-order valence-corrected chi connectivity index (χ3v) is 6.10. The average molecular weight is 548 g/mol. The fourth-order valence-corrected chi connectivity index (χ4v) is 3.87. The van der Waals surface area contributed by atoms with E-state index in [0.29, 0.717) is 0 Å². The van der Waals surface area contributed by atoms with Crippen LogP contribution in [0.1, 0.15) is 46.7 Å². The van der Waals surface area contributed by atoms with Crippen LogP contribution in [0.2, 0.25) is 0 Å². The van der Waals surface area contributed by atoms with Crippen molar-refractivity contribution >= 4 is 23.5 Å². The van der Waals surface area contributed by atoms with Gasteiger partial charge in [-0.15, -0.1) is 4.68 Å². The largest absolute Gasteiger partial charge is 0.390 e. The van der Waals surface area contributed by atoms with E-state index in [0.717, 1.165) is 21.5 Å². The van der Waals surface area contributed by atoms with Crippen molar-refractivity contribution in [2.75, 3.05) is 26.2 Å². The number of alkyl halides is 4. The van der Waals surface area contributed by atoms with E-state index in [1.54, 1.807) is 0 Å². The first-order chi connectivity index (χ1) is 17.6. The highest BCUT2D eigenvalue weighted by Gasteiger charge is 2.38. The van der Waals surface area contributed by atoms with Crippen LogP contribution in [0, 0.1) is 20.2 Å². The van der Waals surface area contributed by atoms with Gasteiger partial charge in [0.15, 0.2) is 11.4 Å². The topological polar surface area (TPSA) is 163 Å². The zero-order chi connectivity index (χ0) is 28.4. The monoisotopic (exact) mass is 548 g/mol. The van der Waals surface area contributed by atoms with E-state index in [2.05, 4.69) is 10.2 Å². The number of likely N-dealkylation sites (tertiary alicyclic amines) is 2. The molecule has 2 saturated heterocycles. The van der Waals surface area contributed by atoms with Gasteiger partial charge in [-0.25, -0.2) is 17.6 Å². The Morgan fingerprint density at radius 3 is 1.66 bits per heavy atom. The number of nitro groups is 2. The number of halogens is 4. The van der Waals surface area contributed by atoms with Crippen LogP contribution in [0.5, 0.6) is 0 Å². The number of aryl methyl sites for hydroxylation is 2. The van der Waals surface area contributed by atoms with E-state index in [-0.39, 0.29) is 43.4 Å². The van der Waals surface area contributed by atoms with Gasteiger partial charge in [0.1, 0.15) is 7.05 Å². The fourth-order valence-electron chi connectivity index (χ4n) is 3.87. The molecule has 2 aliphatic rings. The van der Waals surface area contributed by atoms with E-state index in [9.17, 15) is 47.4 Å². The Kier molecular flexibility index (Phi) is 8.01. The number of aromatic nitrogens is 4. The number of hydrogen-bond donors (Lipinski definition) is 0. The molecule has 0 radical (unpaired) electrons. The zero-order valence-electron chi connectivity index (χ0n) is 20.4. The lowest BCUT2D eigenvalue weighted by Crippen LogP contribution is -2.43. The van der Waals surface area contributed by atoms with Gasteiger partial charge >= 0.3 is 11.6 Å². The lowest BCUT2D eigenvalue weighted by molar-refractivity contribution is -0.392. The molecule has 38 heavy (non-hydrogen) atoms. The van der Waals surface area contributed by atoms with Crippen LogP contribution in [0.25, 0.3) is 0 Å². The maximum Gasteiger partial charge on any atom is 0.390 e. The molecule has 0 aliphatic carbocycles. The molecule has 4 heterocycles. The Morgan fingerprint density at radius 1 is 0.789 bits per heavy atom. The summed E-state index contributed by atoms with van der Waals surface area (Å²) in [6.07, 6.45) is -1.57. The summed E-state index contributed by atoms with van der Waals surface area (Å²) in [7, 11) is 2.75. The second-order valence-electron chi connectivity index (χ2n) is 8.83. The molecule has 208 valence electrons. The smallest absolute Gasteiger partial charge is 0.358 e. The molecule has 0 aromatic carbocycles. The quantitative estimate of drug-likeness (QED) is 0.320. The summed E-state index contributed by atoms with van der Waals surface area (Å²) in [5, 5.41) is 28.5. The van der Waals surface area contributed by atoms with Crippen molar-refractivity contribution in [3.8, 4) is 0 Å². The Hall–Kier alpha value is -4.12. The van der Waals surface area contributed by atoms with E-state index in [1.165, 1.54) is 23.9 Å². The highest BCUT2D eigenvalue weighted by molar-refractivity contribution is 5.93. The first-order valence-corrected chi connectivity index (χ1v) is 11.3. The Balaban J connectivity index is 0.000000211. The van der Waals surface area contributed by atoms with Gasteiger partial charge in [-0.05, 0) is 9.85 Å². The number of carbonyl (C=O) groups is 2. The van der Waals surface area contributed by atoms with Gasteiger partial charge in [0, 0.05) is 51.9 Å². The molecule has 0 spiro atoms. The van der Waals surface area contributed by atoms with Crippen LogP contribution in [0.4, 0.5) is 29.2 Å². The Morgan fingerprint density at radius 2 is 1.26 bits per heavy atom. The summed E-state index contributed by atoms with van der Waals surface area (Å²) in [6, 6.07) is 2.10. The number of nitrogens with zero attached hydrogens (tertiary/aromatic N) is 8. The molecule has 0 bridgehead atoms. The number of carbonyl (C=O) groups excluding carboxylic acids is 2. The summed E-state index contributed by atoms with van der Waals surface area (Å²) >= 11 is 0. The second kappa shape index (κ2) is 10.7. The summed E-state index contributed by atoms with van der Waals surface area (Å²) < 4.78 is 54.0. The molecule has 2 aromatic rings. The van der Waals surface area contributed by atoms with Gasteiger partial charge < -0.3 is 30.0 Å². The van der Waals surface area contributed by atoms with Gasteiger partial charge in [0.25, 0.3) is 23.7 Å². The Labute approximate surface area is 212 Å². The minimum atomic E-state index is -2.74. The van der Waals surface area contributed by atoms with Gasteiger partial charge in [0.2, 0.25) is 0 Å². The number of rotatable bonds is 4. The highest BCUT2D eigenvalue weighted by Crippen LogP contribution is 2.29. The number of piperidine rings is 2. The van der Waals surface area contributed by atoms with Gasteiger partial charge in [0.05, 0.1) is 24.3 Å². The molecule has 2 amide bonds. The molecule has 14 nitrogen and oxygen atoms in total. The average Bonchev–Trinajstić information content (AvgIpc) is 3.41. The third-order valence-electron chi connectivity index (χ3n) is 6.10. The summed E-state index contributed by atoms with van der Waals surface area (Å²) in [4.78, 5) is 46.4. The number of hydrogen-bond acceptors (Lipinski definition) is 8. The highest BCUT2D eigenvalue weighted by atomic mass is 19.3. The van der Waals surface area contributed by atoms with Gasteiger partial charge in [-0.3, -0.25) is 9.59 Å². The van der Waals surface area contributed by atoms with E-state index in [4.69, 9.17) is 0 Å². The molecule has 0 unspecified atom stereocenters. The first-order valence-electron chi connectivity index (χ1n) is 11.3. The molecule has 0 saturated carbocycles. The van der Waals surface area contributed by atoms with Crippen molar-refractivity contribution in [3.05, 3.63) is 43.7 Å². The molecule has 4 rings (SSSR count). The van der Waals surface area contributed by atoms with Crippen molar-refractivity contribution in [2.24, 2.45) is 14.1 Å². The third kappa shape index (κ3) is 6.60. The fraction of sp³-hybridized carbons (Fsp3) is 0.600. The maximum atomic E-state index is 13.0. The molecule has 2 fully saturated rings. The molecule has 0 atom stereocenters. The van der Waals surface area contributed by atoms with Crippen molar-refractivity contribution in [2.45, 2.75) is 37.5 Å². The van der Waals surface area contributed by atoms with Crippen LogP contribution in [0.15, 0.2) is 12.1 Å². The lowest BCUT2D eigenvalue weighted by Gasteiger charge is -2.31. The molecular weight excluding hydrogens is 524 g/mol. The molecule has 0 N–H and O–H groups in total. The normalized spacial score (nSPS) is 18.4. The Bertz CT molecular complexity index is 1230. The van der Waals surface area contributed by atoms with Crippen molar-refractivity contribution < 1.29 is 37.0 Å². The predicted octanol–water partition coefficient (Wildman–Crippen LogP) is 2.40. The van der Waals surface area contributed by atoms with Crippen LogP contribution in [-0.2, 0) is 14.1 Å². The lowest BCUT2D eigenvalue weighted by atomic mass is 10.1. The van der Waals surface area contributed by atoms with Crippen LogP contribution < -0.4 is 0 Å². The van der Waals surface area contributed by atoms with E-state index in [1.807, 2.05) is 0 Å². The van der Waals surface area contributed by atoms with Crippen molar-refractivity contribution in [3.63, 3.8) is 0 Å². The molecular formula is C20H24F4N8O6. The van der Waals surface area contributed by atoms with Gasteiger partial charge in [-0.2, -0.15) is 4.68 Å². The van der Waals surface area contributed by atoms with Crippen LogP contribution in [-0.4, -0.2) is 89.0 Å². The van der Waals surface area contributed by atoms with Crippen LogP contribution >= 0.6 is 0 Å². The second-order valence-corrected chi connectivity index (χ2v) is 8.83. The molecule has 2 aliphatic heterocycles. The number of amides is 2. The molecule has 2 aromatic heterocycles.